The van der Waals surface area contributed by atoms with Crippen molar-refractivity contribution < 1.29 is 10.0 Å². The highest BCUT2D eigenvalue weighted by atomic mass is 16.6. The molecule has 0 amide bonds. The minimum absolute atomic E-state index is 0.00567. The molecule has 2 aromatic carbocycles. The molecule has 1 fully saturated rings. The Morgan fingerprint density at radius 1 is 0.969 bits per heavy atom. The minimum Gasteiger partial charge on any atom is -0.508 e. The summed E-state index contributed by atoms with van der Waals surface area (Å²) in [5.74, 6) is 1.28. The smallest absolute Gasteiger partial charge is 0.269 e. The van der Waals surface area contributed by atoms with Gasteiger partial charge in [-0.25, -0.2) is 5.43 Å². The van der Waals surface area contributed by atoms with Gasteiger partial charge in [-0.15, -0.1) is 0 Å². The van der Waals surface area contributed by atoms with Crippen molar-refractivity contribution in [3.63, 3.8) is 0 Å². The molecule has 3 N–H and O–H groups in total. The van der Waals surface area contributed by atoms with Gasteiger partial charge in [0.1, 0.15) is 5.75 Å². The Hall–Kier alpha value is -4.28. The molecule has 2 heterocycles. The fourth-order valence-corrected chi connectivity index (χ4v) is 3.23. The molecule has 0 bridgehead atoms. The number of anilines is 4. The number of aromatic hydroxyl groups is 1. The van der Waals surface area contributed by atoms with Gasteiger partial charge in [-0.2, -0.15) is 20.1 Å². The number of phenolic OH excluding ortho intramolecular Hbond substituents is 1. The number of benzene rings is 2. The number of nitro benzene ring substituents is 1. The molecule has 0 spiro atoms. The van der Waals surface area contributed by atoms with Crippen molar-refractivity contribution in [2.24, 2.45) is 5.10 Å². The first-order valence-corrected chi connectivity index (χ1v) is 10.2. The van der Waals surface area contributed by atoms with Gasteiger partial charge in [0.05, 0.1) is 11.1 Å². The van der Waals surface area contributed by atoms with Crippen LogP contribution in [0.2, 0.25) is 0 Å². The molecular weight excluding hydrogens is 412 g/mol. The van der Waals surface area contributed by atoms with E-state index in [1.165, 1.54) is 18.6 Å². The van der Waals surface area contributed by atoms with E-state index in [2.05, 4.69) is 35.7 Å². The molecule has 1 aliphatic heterocycles. The maximum atomic E-state index is 10.9. The van der Waals surface area contributed by atoms with Gasteiger partial charge in [0, 0.05) is 30.9 Å². The van der Waals surface area contributed by atoms with Crippen LogP contribution in [0.15, 0.2) is 53.6 Å². The molecule has 1 saturated heterocycles. The molecule has 0 unspecified atom stereocenters. The summed E-state index contributed by atoms with van der Waals surface area (Å²) < 4.78 is 0. The molecular formula is C21H22N8O3. The quantitative estimate of drug-likeness (QED) is 0.288. The van der Waals surface area contributed by atoms with Crippen LogP contribution in [0.25, 0.3) is 0 Å². The number of rotatable bonds is 7. The monoisotopic (exact) mass is 434 g/mol. The van der Waals surface area contributed by atoms with Gasteiger partial charge in [0.15, 0.2) is 0 Å². The summed E-state index contributed by atoms with van der Waals surface area (Å²) in [4.78, 5) is 25.9. The number of piperidine rings is 1. The van der Waals surface area contributed by atoms with Gasteiger partial charge in [-0.1, -0.05) is 0 Å². The first-order chi connectivity index (χ1) is 15.6. The zero-order valence-electron chi connectivity index (χ0n) is 17.2. The van der Waals surface area contributed by atoms with Crippen LogP contribution in [-0.2, 0) is 0 Å². The summed E-state index contributed by atoms with van der Waals surface area (Å²) >= 11 is 0. The van der Waals surface area contributed by atoms with Crippen molar-refractivity contribution >= 4 is 35.4 Å². The topological polar surface area (TPSA) is 142 Å². The Labute approximate surface area is 184 Å². The standard InChI is InChI=1S/C21H22N8O3/c30-18-10-4-15(5-11-18)14-22-27-20-24-19(23-16-6-8-17(9-7-16)29(31)32)25-21(26-20)28-12-2-1-3-13-28/h4-11,14,30H,1-3,12-13H2,(H2,23,24,25,26,27)/b22-14+. The number of phenols is 1. The maximum Gasteiger partial charge on any atom is 0.269 e. The third-order valence-electron chi connectivity index (χ3n) is 4.87. The van der Waals surface area contributed by atoms with Gasteiger partial charge in [-0.3, -0.25) is 10.1 Å². The van der Waals surface area contributed by atoms with Crippen molar-refractivity contribution in [3.05, 3.63) is 64.2 Å². The molecule has 0 atom stereocenters. The summed E-state index contributed by atoms with van der Waals surface area (Å²) in [6, 6.07) is 12.6. The molecule has 164 valence electrons. The highest BCUT2D eigenvalue weighted by Crippen LogP contribution is 2.22. The van der Waals surface area contributed by atoms with E-state index < -0.39 is 4.92 Å². The van der Waals surface area contributed by atoms with Crippen molar-refractivity contribution in [1.82, 2.24) is 15.0 Å². The van der Waals surface area contributed by atoms with Crippen molar-refractivity contribution in [3.8, 4) is 5.75 Å². The fourth-order valence-electron chi connectivity index (χ4n) is 3.23. The molecule has 0 saturated carbocycles. The van der Waals surface area contributed by atoms with Crippen LogP contribution in [0, 0.1) is 10.1 Å². The molecule has 1 aromatic heterocycles. The molecule has 0 radical (unpaired) electrons. The molecule has 11 nitrogen and oxygen atoms in total. The number of hydrogen-bond acceptors (Lipinski definition) is 10. The molecule has 4 rings (SSSR count). The van der Waals surface area contributed by atoms with Crippen LogP contribution in [-0.4, -0.2) is 44.3 Å². The lowest BCUT2D eigenvalue weighted by Gasteiger charge is -2.26. The van der Waals surface area contributed by atoms with Crippen LogP contribution in [0.3, 0.4) is 0 Å². The second-order valence-electron chi connectivity index (χ2n) is 7.22. The predicted molar refractivity (Wildman–Crippen MR) is 122 cm³/mol. The van der Waals surface area contributed by atoms with Gasteiger partial charge in [-0.05, 0) is 61.2 Å². The largest absolute Gasteiger partial charge is 0.508 e. The van der Waals surface area contributed by atoms with Crippen LogP contribution in [0.1, 0.15) is 24.8 Å². The Bertz CT molecular complexity index is 1100. The molecule has 11 heteroatoms. The van der Waals surface area contributed by atoms with E-state index in [4.69, 9.17) is 0 Å². The van der Waals surface area contributed by atoms with E-state index in [1.54, 1.807) is 42.6 Å². The maximum absolute atomic E-state index is 10.9. The first kappa shape index (κ1) is 21.0. The minimum atomic E-state index is -0.449. The number of hydrogen-bond donors (Lipinski definition) is 3. The van der Waals surface area contributed by atoms with Crippen molar-refractivity contribution in [2.45, 2.75) is 19.3 Å². The highest BCUT2D eigenvalue weighted by molar-refractivity contribution is 5.80. The van der Waals surface area contributed by atoms with Gasteiger partial charge in [0.25, 0.3) is 5.69 Å². The van der Waals surface area contributed by atoms with Crippen LogP contribution in [0.4, 0.5) is 29.2 Å². The van der Waals surface area contributed by atoms with E-state index in [-0.39, 0.29) is 17.4 Å². The zero-order chi connectivity index (χ0) is 22.3. The highest BCUT2D eigenvalue weighted by Gasteiger charge is 2.16. The Morgan fingerprint density at radius 3 is 2.34 bits per heavy atom. The second kappa shape index (κ2) is 9.69. The summed E-state index contributed by atoms with van der Waals surface area (Å²) in [7, 11) is 0. The van der Waals surface area contributed by atoms with Gasteiger partial charge < -0.3 is 15.3 Å². The van der Waals surface area contributed by atoms with Gasteiger partial charge in [0.2, 0.25) is 17.8 Å². The predicted octanol–water partition coefficient (Wildman–Crippen LogP) is 3.67. The number of nitro groups is 1. The first-order valence-electron chi connectivity index (χ1n) is 10.2. The number of nitrogens with one attached hydrogen (secondary N) is 2. The SMILES string of the molecule is O=[N+]([O-])c1ccc(Nc2nc(N/N=C/c3ccc(O)cc3)nc(N3CCCCC3)n2)cc1. The average molecular weight is 434 g/mol. The van der Waals surface area contributed by atoms with E-state index >= 15 is 0 Å². The van der Waals surface area contributed by atoms with Crippen LogP contribution in [0.5, 0.6) is 5.75 Å². The van der Waals surface area contributed by atoms with Crippen LogP contribution < -0.4 is 15.6 Å². The fraction of sp³-hybridized carbons (Fsp3) is 0.238. The number of non-ortho nitro benzene ring substituents is 1. The number of hydrazone groups is 1. The molecule has 0 aliphatic carbocycles. The van der Waals surface area contributed by atoms with E-state index in [0.717, 1.165) is 31.5 Å². The molecule has 3 aromatic rings. The van der Waals surface area contributed by atoms with Crippen molar-refractivity contribution in [1.29, 1.82) is 0 Å². The normalized spacial score (nSPS) is 13.8. The van der Waals surface area contributed by atoms with Crippen LogP contribution >= 0.6 is 0 Å². The Kier molecular flexibility index (Phi) is 6.35. The zero-order valence-corrected chi connectivity index (χ0v) is 17.2. The number of aromatic nitrogens is 3. The lowest BCUT2D eigenvalue weighted by atomic mass is 10.1. The average Bonchev–Trinajstić information content (AvgIpc) is 2.81. The summed E-state index contributed by atoms with van der Waals surface area (Å²) in [6.07, 6.45) is 4.90. The summed E-state index contributed by atoms with van der Waals surface area (Å²) in [5, 5.41) is 27.5. The van der Waals surface area contributed by atoms with E-state index in [1.807, 2.05) is 0 Å². The van der Waals surface area contributed by atoms with E-state index in [9.17, 15) is 15.2 Å². The third-order valence-corrected chi connectivity index (χ3v) is 4.87. The van der Waals surface area contributed by atoms with Gasteiger partial charge >= 0.3 is 0 Å². The molecule has 1 aliphatic rings. The summed E-state index contributed by atoms with van der Waals surface area (Å²) in [6.45, 7) is 1.72. The Balaban J connectivity index is 1.55. The number of nitrogens with zero attached hydrogens (tertiary/aromatic N) is 6. The lowest BCUT2D eigenvalue weighted by molar-refractivity contribution is -0.384. The van der Waals surface area contributed by atoms with E-state index in [0.29, 0.717) is 17.6 Å². The second-order valence-corrected chi connectivity index (χ2v) is 7.22. The molecule has 32 heavy (non-hydrogen) atoms. The van der Waals surface area contributed by atoms with Crippen molar-refractivity contribution in [2.75, 3.05) is 28.7 Å². The third kappa shape index (κ3) is 5.45. The lowest BCUT2D eigenvalue weighted by Crippen LogP contribution is -2.31. The summed E-state index contributed by atoms with van der Waals surface area (Å²) in [5.41, 5.74) is 4.24. The Morgan fingerprint density at radius 2 is 1.66 bits per heavy atom.